The Morgan fingerprint density at radius 3 is 2.95 bits per heavy atom. The summed E-state index contributed by atoms with van der Waals surface area (Å²) in [6.07, 6.45) is 3.42. The van der Waals surface area contributed by atoms with Gasteiger partial charge < -0.3 is 10.1 Å². The van der Waals surface area contributed by atoms with Crippen molar-refractivity contribution in [3.05, 3.63) is 23.5 Å². The van der Waals surface area contributed by atoms with Gasteiger partial charge in [-0.3, -0.25) is 4.98 Å². The van der Waals surface area contributed by atoms with E-state index >= 15 is 0 Å². The third-order valence-corrected chi connectivity index (χ3v) is 3.49. The van der Waals surface area contributed by atoms with Gasteiger partial charge in [0.1, 0.15) is 10.8 Å². The first-order valence-corrected chi connectivity index (χ1v) is 7.04. The van der Waals surface area contributed by atoms with Gasteiger partial charge in [-0.15, -0.1) is 10.2 Å². The van der Waals surface area contributed by atoms with Gasteiger partial charge in [-0.25, -0.2) is 0 Å². The molecule has 0 spiro atoms. The minimum absolute atomic E-state index is 0.632. The van der Waals surface area contributed by atoms with E-state index in [1.54, 1.807) is 30.8 Å². The molecule has 19 heavy (non-hydrogen) atoms. The Balaban J connectivity index is 2.08. The van der Waals surface area contributed by atoms with Gasteiger partial charge in [0.05, 0.1) is 18.9 Å². The van der Waals surface area contributed by atoms with Crippen LogP contribution < -0.4 is 10.1 Å². The number of pyridine rings is 1. The fourth-order valence-corrected chi connectivity index (χ4v) is 2.46. The zero-order valence-electron chi connectivity index (χ0n) is 11.4. The zero-order chi connectivity index (χ0) is 13.7. The van der Waals surface area contributed by atoms with Crippen LogP contribution in [0, 0.1) is 5.92 Å². The second-order valence-electron chi connectivity index (χ2n) is 4.60. The van der Waals surface area contributed by atoms with E-state index in [1.807, 2.05) is 6.07 Å². The van der Waals surface area contributed by atoms with Crippen LogP contribution in [0.1, 0.15) is 18.9 Å². The molecule has 5 nitrogen and oxygen atoms in total. The highest BCUT2D eigenvalue weighted by atomic mass is 32.1. The van der Waals surface area contributed by atoms with Crippen LogP contribution >= 0.6 is 11.3 Å². The topological polar surface area (TPSA) is 59.9 Å². The summed E-state index contributed by atoms with van der Waals surface area (Å²) in [7, 11) is 1.63. The van der Waals surface area contributed by atoms with Crippen LogP contribution in [-0.4, -0.2) is 28.8 Å². The van der Waals surface area contributed by atoms with Gasteiger partial charge in [0.25, 0.3) is 0 Å². The molecule has 2 aromatic rings. The van der Waals surface area contributed by atoms with Crippen molar-refractivity contribution in [1.29, 1.82) is 0 Å². The first-order valence-electron chi connectivity index (χ1n) is 6.22. The molecule has 2 aromatic heterocycles. The lowest BCUT2D eigenvalue weighted by molar-refractivity contribution is 0.414. The molecular weight excluding hydrogens is 260 g/mol. The summed E-state index contributed by atoms with van der Waals surface area (Å²) in [5.41, 5.74) is 0.935. The van der Waals surface area contributed by atoms with E-state index in [0.717, 1.165) is 34.4 Å². The number of nitrogens with one attached hydrogen (secondary N) is 1. The van der Waals surface area contributed by atoms with Crippen molar-refractivity contribution in [1.82, 2.24) is 20.5 Å². The summed E-state index contributed by atoms with van der Waals surface area (Å²) in [5.74, 6) is 1.35. The minimum atomic E-state index is 0.632. The predicted octanol–water partition coefficient (Wildman–Crippen LogP) is 2.35. The molecule has 0 amide bonds. The predicted molar refractivity (Wildman–Crippen MR) is 76.2 cm³/mol. The lowest BCUT2D eigenvalue weighted by Crippen LogP contribution is -2.18. The second kappa shape index (κ2) is 6.58. The van der Waals surface area contributed by atoms with Gasteiger partial charge in [0, 0.05) is 12.7 Å². The van der Waals surface area contributed by atoms with E-state index in [-0.39, 0.29) is 0 Å². The number of methoxy groups -OCH3 is 1. The highest BCUT2D eigenvalue weighted by Gasteiger charge is 2.11. The Kier molecular flexibility index (Phi) is 4.81. The summed E-state index contributed by atoms with van der Waals surface area (Å²) >= 11 is 1.57. The standard InChI is InChI=1S/C13H18N4OS/c1-9(2)6-15-8-12-16-17-13(19-12)10-4-5-14-7-11(10)18-3/h4-5,7,9,15H,6,8H2,1-3H3. The molecule has 1 N–H and O–H groups in total. The number of rotatable bonds is 6. The van der Waals surface area contributed by atoms with Gasteiger partial charge >= 0.3 is 0 Å². The number of nitrogens with zero attached hydrogens (tertiary/aromatic N) is 3. The maximum Gasteiger partial charge on any atom is 0.151 e. The largest absolute Gasteiger partial charge is 0.494 e. The maximum absolute atomic E-state index is 5.28. The molecule has 102 valence electrons. The first-order chi connectivity index (χ1) is 9.20. The van der Waals surface area contributed by atoms with E-state index in [9.17, 15) is 0 Å². The van der Waals surface area contributed by atoms with Crippen LogP contribution in [0.15, 0.2) is 18.5 Å². The van der Waals surface area contributed by atoms with Crippen molar-refractivity contribution in [3.8, 4) is 16.3 Å². The maximum atomic E-state index is 5.28. The zero-order valence-corrected chi connectivity index (χ0v) is 12.2. The first kappa shape index (κ1) is 13.9. The average molecular weight is 278 g/mol. The van der Waals surface area contributed by atoms with Gasteiger partial charge in [-0.2, -0.15) is 0 Å². The van der Waals surface area contributed by atoms with Crippen LogP contribution in [0.3, 0.4) is 0 Å². The average Bonchev–Trinajstić information content (AvgIpc) is 2.87. The smallest absolute Gasteiger partial charge is 0.151 e. The molecule has 0 fully saturated rings. The Morgan fingerprint density at radius 1 is 1.37 bits per heavy atom. The molecule has 0 aliphatic rings. The van der Waals surface area contributed by atoms with Crippen molar-refractivity contribution in [2.45, 2.75) is 20.4 Å². The summed E-state index contributed by atoms with van der Waals surface area (Å²) < 4.78 is 5.28. The van der Waals surface area contributed by atoms with Crippen LogP contribution in [0.4, 0.5) is 0 Å². The number of hydrogen-bond acceptors (Lipinski definition) is 6. The lowest BCUT2D eigenvalue weighted by atomic mass is 10.2. The highest BCUT2D eigenvalue weighted by molar-refractivity contribution is 7.14. The quantitative estimate of drug-likeness (QED) is 0.879. The highest BCUT2D eigenvalue weighted by Crippen LogP contribution is 2.30. The molecule has 0 saturated carbocycles. The monoisotopic (exact) mass is 278 g/mol. The molecule has 0 saturated heterocycles. The van der Waals surface area contributed by atoms with E-state index in [4.69, 9.17) is 4.74 Å². The minimum Gasteiger partial charge on any atom is -0.494 e. The van der Waals surface area contributed by atoms with Crippen LogP contribution in [0.2, 0.25) is 0 Å². The van der Waals surface area contributed by atoms with E-state index in [1.165, 1.54) is 0 Å². The Morgan fingerprint density at radius 2 is 2.21 bits per heavy atom. The summed E-state index contributed by atoms with van der Waals surface area (Å²) in [5, 5.41) is 13.6. The van der Waals surface area contributed by atoms with Crippen LogP contribution in [-0.2, 0) is 6.54 Å². The van der Waals surface area contributed by atoms with Crippen molar-refractivity contribution >= 4 is 11.3 Å². The normalized spacial score (nSPS) is 10.9. The molecule has 0 bridgehead atoms. The summed E-state index contributed by atoms with van der Waals surface area (Å²) in [6.45, 7) is 6.09. The molecule has 0 aliphatic carbocycles. The third kappa shape index (κ3) is 3.71. The van der Waals surface area contributed by atoms with Gasteiger partial charge in [-0.05, 0) is 18.5 Å². The number of hydrogen-bond donors (Lipinski definition) is 1. The van der Waals surface area contributed by atoms with Crippen molar-refractivity contribution in [2.24, 2.45) is 5.92 Å². The van der Waals surface area contributed by atoms with Crippen molar-refractivity contribution in [3.63, 3.8) is 0 Å². The molecule has 2 heterocycles. The van der Waals surface area contributed by atoms with E-state index in [0.29, 0.717) is 5.92 Å². The third-order valence-electron chi connectivity index (χ3n) is 2.53. The Bertz CT molecular complexity index is 527. The van der Waals surface area contributed by atoms with Crippen LogP contribution in [0.25, 0.3) is 10.6 Å². The van der Waals surface area contributed by atoms with E-state index in [2.05, 4.69) is 34.3 Å². The van der Waals surface area contributed by atoms with Crippen molar-refractivity contribution in [2.75, 3.05) is 13.7 Å². The Hall–Kier alpha value is -1.53. The van der Waals surface area contributed by atoms with Gasteiger partial charge in [-0.1, -0.05) is 25.2 Å². The molecule has 2 rings (SSSR count). The summed E-state index contributed by atoms with van der Waals surface area (Å²) in [6, 6.07) is 1.89. The molecule has 0 radical (unpaired) electrons. The lowest BCUT2D eigenvalue weighted by Gasteiger charge is -2.04. The van der Waals surface area contributed by atoms with Crippen LogP contribution in [0.5, 0.6) is 5.75 Å². The van der Waals surface area contributed by atoms with Gasteiger partial charge in [0.2, 0.25) is 0 Å². The number of aromatic nitrogens is 3. The van der Waals surface area contributed by atoms with Crippen molar-refractivity contribution < 1.29 is 4.74 Å². The molecule has 6 heteroatoms. The summed E-state index contributed by atoms with van der Waals surface area (Å²) in [4.78, 5) is 4.04. The molecular formula is C13H18N4OS. The molecule has 0 aromatic carbocycles. The Labute approximate surface area is 117 Å². The fraction of sp³-hybridized carbons (Fsp3) is 0.462. The molecule has 0 atom stereocenters. The molecule has 0 aliphatic heterocycles. The number of ether oxygens (including phenoxy) is 1. The SMILES string of the molecule is COc1cnccc1-c1nnc(CNCC(C)C)s1. The van der Waals surface area contributed by atoms with Gasteiger partial charge in [0.15, 0.2) is 5.01 Å². The second-order valence-corrected chi connectivity index (χ2v) is 5.66. The molecule has 0 unspecified atom stereocenters. The van der Waals surface area contributed by atoms with E-state index < -0.39 is 0 Å². The fourth-order valence-electron chi connectivity index (χ4n) is 1.62.